The van der Waals surface area contributed by atoms with Crippen LogP contribution in [0.1, 0.15) is 22.4 Å². The molecular weight excluding hydrogens is 382 g/mol. The lowest BCUT2D eigenvalue weighted by Gasteiger charge is -2.26. The predicted octanol–water partition coefficient (Wildman–Crippen LogP) is 1.23. The number of nitrogens with zero attached hydrogens (tertiary/aromatic N) is 3. The van der Waals surface area contributed by atoms with Crippen molar-refractivity contribution in [3.63, 3.8) is 0 Å². The molecule has 1 aliphatic heterocycles. The van der Waals surface area contributed by atoms with Crippen molar-refractivity contribution in [2.45, 2.75) is 25.0 Å². The van der Waals surface area contributed by atoms with E-state index in [9.17, 15) is 18.6 Å². The number of rotatable bonds is 6. The molecule has 0 aliphatic carbocycles. The highest BCUT2D eigenvalue weighted by molar-refractivity contribution is 7.89. The lowest BCUT2D eigenvalue weighted by atomic mass is 10.1. The zero-order chi connectivity index (χ0) is 20.1. The van der Waals surface area contributed by atoms with E-state index < -0.39 is 10.0 Å². The standard InChI is InChI=1S/C19H23N3O5S/c1-14-19(24)18(16(13-23)11-21-14)12-20-10-15-2-4-17(5-3-15)28(25,26)22-6-8-27-9-7-22/h2-5,11-12,23-24H,6-10,13H2,1H3. The molecule has 2 heterocycles. The number of aliphatic hydroxyl groups is 1. The van der Waals surface area contributed by atoms with Gasteiger partial charge >= 0.3 is 0 Å². The summed E-state index contributed by atoms with van der Waals surface area (Å²) in [4.78, 5) is 8.55. The van der Waals surface area contributed by atoms with Gasteiger partial charge in [-0.3, -0.25) is 9.98 Å². The molecule has 9 heteroatoms. The van der Waals surface area contributed by atoms with E-state index in [4.69, 9.17) is 4.74 Å². The number of pyridine rings is 1. The van der Waals surface area contributed by atoms with Gasteiger partial charge in [0.25, 0.3) is 0 Å². The van der Waals surface area contributed by atoms with Crippen molar-refractivity contribution in [2.75, 3.05) is 26.3 Å². The first kappa shape index (κ1) is 20.4. The van der Waals surface area contributed by atoms with Crippen molar-refractivity contribution in [3.05, 3.63) is 52.8 Å². The summed E-state index contributed by atoms with van der Waals surface area (Å²) in [5.74, 6) is -0.0118. The van der Waals surface area contributed by atoms with E-state index in [0.29, 0.717) is 49.7 Å². The molecule has 2 N–H and O–H groups in total. The summed E-state index contributed by atoms with van der Waals surface area (Å²) in [6.07, 6.45) is 3.00. The normalized spacial score (nSPS) is 15.9. The van der Waals surface area contributed by atoms with Crippen LogP contribution in [0, 0.1) is 6.92 Å². The molecule has 0 bridgehead atoms. The summed E-state index contributed by atoms with van der Waals surface area (Å²) in [7, 11) is -3.51. The van der Waals surface area contributed by atoms with E-state index in [1.807, 2.05) is 0 Å². The molecule has 0 radical (unpaired) electrons. The minimum Gasteiger partial charge on any atom is -0.505 e. The average molecular weight is 405 g/mol. The Bertz CT molecular complexity index is 952. The Morgan fingerprint density at radius 3 is 2.57 bits per heavy atom. The monoisotopic (exact) mass is 405 g/mol. The Balaban J connectivity index is 1.72. The van der Waals surface area contributed by atoms with Crippen LogP contribution in [0.3, 0.4) is 0 Å². The molecule has 0 spiro atoms. The highest BCUT2D eigenvalue weighted by Crippen LogP contribution is 2.22. The molecule has 1 saturated heterocycles. The number of hydrogen-bond donors (Lipinski definition) is 2. The van der Waals surface area contributed by atoms with Crippen LogP contribution in [0.25, 0.3) is 0 Å². The van der Waals surface area contributed by atoms with Crippen molar-refractivity contribution in [3.8, 4) is 5.75 Å². The SMILES string of the molecule is Cc1ncc(CO)c(C=NCc2ccc(S(=O)(=O)N3CCOCC3)cc2)c1O. The van der Waals surface area contributed by atoms with Gasteiger partial charge in [0, 0.05) is 36.6 Å². The second kappa shape index (κ2) is 8.78. The van der Waals surface area contributed by atoms with E-state index in [-0.39, 0.29) is 17.3 Å². The second-order valence-electron chi connectivity index (χ2n) is 6.42. The number of aromatic hydroxyl groups is 1. The van der Waals surface area contributed by atoms with Crippen LogP contribution < -0.4 is 0 Å². The largest absolute Gasteiger partial charge is 0.505 e. The molecular formula is C19H23N3O5S. The van der Waals surface area contributed by atoms with Crippen LogP contribution in [-0.2, 0) is 27.9 Å². The zero-order valence-electron chi connectivity index (χ0n) is 15.6. The van der Waals surface area contributed by atoms with Gasteiger partial charge in [0.2, 0.25) is 10.0 Å². The van der Waals surface area contributed by atoms with Crippen molar-refractivity contribution >= 4 is 16.2 Å². The molecule has 1 aliphatic rings. The van der Waals surface area contributed by atoms with Gasteiger partial charge in [-0.15, -0.1) is 0 Å². The molecule has 2 aromatic rings. The predicted molar refractivity (Wildman–Crippen MR) is 104 cm³/mol. The average Bonchev–Trinajstić information content (AvgIpc) is 2.72. The second-order valence-corrected chi connectivity index (χ2v) is 8.36. The Hall–Kier alpha value is -2.33. The Morgan fingerprint density at radius 2 is 1.93 bits per heavy atom. The Kier molecular flexibility index (Phi) is 6.40. The maximum absolute atomic E-state index is 12.6. The van der Waals surface area contributed by atoms with Gasteiger partial charge in [-0.25, -0.2) is 8.42 Å². The lowest BCUT2D eigenvalue weighted by molar-refractivity contribution is 0.0730. The minimum absolute atomic E-state index is 0.0118. The van der Waals surface area contributed by atoms with Gasteiger partial charge in [-0.05, 0) is 24.6 Å². The molecule has 28 heavy (non-hydrogen) atoms. The van der Waals surface area contributed by atoms with Crippen LogP contribution in [0.2, 0.25) is 0 Å². The summed E-state index contributed by atoms with van der Waals surface area (Å²) in [6, 6.07) is 6.58. The fourth-order valence-electron chi connectivity index (χ4n) is 2.87. The number of morpholine rings is 1. The maximum atomic E-state index is 12.6. The molecule has 8 nitrogen and oxygen atoms in total. The van der Waals surface area contributed by atoms with E-state index in [1.54, 1.807) is 31.2 Å². The van der Waals surface area contributed by atoms with Crippen molar-refractivity contribution in [2.24, 2.45) is 4.99 Å². The van der Waals surface area contributed by atoms with Gasteiger partial charge in [-0.2, -0.15) is 4.31 Å². The number of aromatic nitrogens is 1. The van der Waals surface area contributed by atoms with Crippen molar-refractivity contribution in [1.29, 1.82) is 0 Å². The molecule has 1 aromatic heterocycles. The van der Waals surface area contributed by atoms with Crippen LogP contribution >= 0.6 is 0 Å². The molecule has 0 amide bonds. The van der Waals surface area contributed by atoms with E-state index in [2.05, 4.69) is 9.98 Å². The molecule has 0 saturated carbocycles. The Morgan fingerprint density at radius 1 is 1.25 bits per heavy atom. The van der Waals surface area contributed by atoms with Crippen LogP contribution in [0.15, 0.2) is 40.4 Å². The summed E-state index contributed by atoms with van der Waals surface area (Å²) < 4.78 is 31.9. The third-order valence-electron chi connectivity index (χ3n) is 4.55. The number of aryl methyl sites for hydroxylation is 1. The number of benzene rings is 1. The zero-order valence-corrected chi connectivity index (χ0v) is 16.4. The van der Waals surface area contributed by atoms with E-state index >= 15 is 0 Å². The van der Waals surface area contributed by atoms with Crippen molar-refractivity contribution < 1.29 is 23.4 Å². The number of aliphatic hydroxyl groups excluding tert-OH is 1. The quantitative estimate of drug-likeness (QED) is 0.699. The van der Waals surface area contributed by atoms with Crippen molar-refractivity contribution in [1.82, 2.24) is 9.29 Å². The minimum atomic E-state index is -3.51. The van der Waals surface area contributed by atoms with Gasteiger partial charge < -0.3 is 14.9 Å². The van der Waals surface area contributed by atoms with Crippen LogP contribution in [0.4, 0.5) is 0 Å². The number of hydrogen-bond acceptors (Lipinski definition) is 7. The third-order valence-corrected chi connectivity index (χ3v) is 6.47. The molecule has 1 fully saturated rings. The molecule has 3 rings (SSSR count). The molecule has 0 atom stereocenters. The maximum Gasteiger partial charge on any atom is 0.243 e. The highest BCUT2D eigenvalue weighted by Gasteiger charge is 2.25. The fourth-order valence-corrected chi connectivity index (χ4v) is 4.28. The number of ether oxygens (including phenoxy) is 1. The first-order valence-electron chi connectivity index (χ1n) is 8.88. The van der Waals surface area contributed by atoms with Crippen LogP contribution in [-0.4, -0.2) is 60.4 Å². The summed E-state index contributed by atoms with van der Waals surface area (Å²) >= 11 is 0. The number of sulfonamides is 1. The molecule has 150 valence electrons. The summed E-state index contributed by atoms with van der Waals surface area (Å²) in [5, 5.41) is 19.5. The van der Waals surface area contributed by atoms with Gasteiger partial charge in [0.15, 0.2) is 0 Å². The van der Waals surface area contributed by atoms with Gasteiger partial charge in [0.05, 0.1) is 37.0 Å². The molecule has 0 unspecified atom stereocenters. The third kappa shape index (κ3) is 4.39. The smallest absolute Gasteiger partial charge is 0.243 e. The molecule has 1 aromatic carbocycles. The topological polar surface area (TPSA) is 112 Å². The van der Waals surface area contributed by atoms with Crippen LogP contribution in [0.5, 0.6) is 5.75 Å². The Labute approximate surface area is 164 Å². The van der Waals surface area contributed by atoms with Gasteiger partial charge in [-0.1, -0.05) is 12.1 Å². The van der Waals surface area contributed by atoms with Gasteiger partial charge in [0.1, 0.15) is 5.75 Å². The summed E-state index contributed by atoms with van der Waals surface area (Å²) in [5.41, 5.74) is 2.20. The first-order chi connectivity index (χ1) is 13.4. The summed E-state index contributed by atoms with van der Waals surface area (Å²) in [6.45, 7) is 3.25. The highest BCUT2D eigenvalue weighted by atomic mass is 32.2. The first-order valence-corrected chi connectivity index (χ1v) is 10.3. The fraction of sp³-hybridized carbons (Fsp3) is 0.368. The lowest BCUT2D eigenvalue weighted by Crippen LogP contribution is -2.40. The number of aliphatic imine (C=N–C) groups is 1. The van der Waals surface area contributed by atoms with E-state index in [1.165, 1.54) is 16.7 Å². The van der Waals surface area contributed by atoms with E-state index in [0.717, 1.165) is 5.56 Å².